The molecular weight excluding hydrogens is 301 g/mol. The second kappa shape index (κ2) is 3.32. The van der Waals surface area contributed by atoms with Gasteiger partial charge in [-0.15, -0.1) is 0 Å². The zero-order chi connectivity index (χ0) is 10.2. The van der Waals surface area contributed by atoms with Crippen molar-refractivity contribution in [2.45, 2.75) is 6.18 Å². The molecule has 0 bridgehead atoms. The molecule has 1 aromatic carbocycles. The van der Waals surface area contributed by atoms with Crippen LogP contribution in [0.3, 0.4) is 0 Å². The van der Waals surface area contributed by atoms with Gasteiger partial charge in [0.05, 0.1) is 5.69 Å². The minimum atomic E-state index is -4.70. The molecule has 0 unspecified atom stereocenters. The lowest BCUT2D eigenvalue weighted by molar-refractivity contribution is -0.140. The number of anilines is 1. The first kappa shape index (κ1) is 10.6. The average molecular weight is 305 g/mol. The zero-order valence-electron chi connectivity index (χ0n) is 6.12. The van der Waals surface area contributed by atoms with Gasteiger partial charge in [-0.2, -0.15) is 13.2 Å². The molecule has 0 atom stereocenters. The van der Waals surface area contributed by atoms with Crippen molar-refractivity contribution in [1.82, 2.24) is 0 Å². The Bertz CT molecular complexity index is 334. The molecule has 1 aromatic rings. The van der Waals surface area contributed by atoms with Crippen LogP contribution in [-0.2, 0) is 6.18 Å². The third-order valence-corrected chi connectivity index (χ3v) is 2.30. The van der Waals surface area contributed by atoms with E-state index in [1.54, 1.807) is 0 Å². The van der Waals surface area contributed by atoms with Gasteiger partial charge in [0.15, 0.2) is 5.82 Å². The molecule has 0 spiro atoms. The molecule has 1 rings (SSSR count). The number of rotatable bonds is 0. The van der Waals surface area contributed by atoms with Gasteiger partial charge in [-0.3, -0.25) is 0 Å². The minimum Gasteiger partial charge on any atom is -0.396 e. The molecule has 0 aromatic heterocycles. The molecule has 0 aliphatic rings. The van der Waals surface area contributed by atoms with Crippen LogP contribution >= 0.6 is 22.6 Å². The third kappa shape index (κ3) is 2.04. The van der Waals surface area contributed by atoms with Gasteiger partial charge in [0.2, 0.25) is 0 Å². The van der Waals surface area contributed by atoms with Crippen LogP contribution in [0, 0.1) is 9.39 Å². The molecule has 13 heavy (non-hydrogen) atoms. The summed E-state index contributed by atoms with van der Waals surface area (Å²) in [6.07, 6.45) is -4.70. The van der Waals surface area contributed by atoms with E-state index >= 15 is 0 Å². The summed E-state index contributed by atoms with van der Waals surface area (Å²) in [5.74, 6) is -1.40. The minimum absolute atomic E-state index is 0.197. The van der Waals surface area contributed by atoms with E-state index in [1.807, 2.05) is 0 Å². The molecule has 1 nitrogen and oxygen atoms in total. The molecule has 0 aliphatic heterocycles. The highest BCUT2D eigenvalue weighted by atomic mass is 127. The van der Waals surface area contributed by atoms with Gasteiger partial charge in [0.1, 0.15) is 5.56 Å². The van der Waals surface area contributed by atoms with Gasteiger partial charge in [0, 0.05) is 3.57 Å². The lowest BCUT2D eigenvalue weighted by atomic mass is 10.2. The summed E-state index contributed by atoms with van der Waals surface area (Å²) in [4.78, 5) is 0. The molecule has 0 radical (unpaired) electrons. The lowest BCUT2D eigenvalue weighted by Crippen LogP contribution is -2.12. The van der Waals surface area contributed by atoms with E-state index in [4.69, 9.17) is 5.73 Å². The number of halogens is 5. The number of hydrogen-bond donors (Lipinski definition) is 1. The second-order valence-corrected chi connectivity index (χ2v) is 3.49. The van der Waals surface area contributed by atoms with Crippen molar-refractivity contribution in [3.63, 3.8) is 0 Å². The monoisotopic (exact) mass is 305 g/mol. The van der Waals surface area contributed by atoms with E-state index < -0.39 is 23.2 Å². The maximum Gasteiger partial charge on any atom is 0.420 e. The van der Waals surface area contributed by atoms with Gasteiger partial charge < -0.3 is 5.73 Å². The standard InChI is InChI=1S/C7H4F4IN/c8-6-4(13)2-1-3(12)5(6)7(9,10)11/h1-2H,13H2. The summed E-state index contributed by atoms with van der Waals surface area (Å²) >= 11 is 1.41. The summed E-state index contributed by atoms with van der Waals surface area (Å²) in [6.45, 7) is 0. The largest absolute Gasteiger partial charge is 0.420 e. The Balaban J connectivity index is 3.43. The highest BCUT2D eigenvalue weighted by molar-refractivity contribution is 14.1. The molecule has 2 N–H and O–H groups in total. The quantitative estimate of drug-likeness (QED) is 0.445. The number of alkyl halides is 3. The normalized spacial score (nSPS) is 11.8. The number of hydrogen-bond acceptors (Lipinski definition) is 1. The lowest BCUT2D eigenvalue weighted by Gasteiger charge is -2.11. The van der Waals surface area contributed by atoms with Crippen molar-refractivity contribution in [2.24, 2.45) is 0 Å². The van der Waals surface area contributed by atoms with Crippen LogP contribution < -0.4 is 5.73 Å². The second-order valence-electron chi connectivity index (χ2n) is 2.32. The summed E-state index contributed by atoms with van der Waals surface area (Å²) in [7, 11) is 0. The predicted octanol–water partition coefficient (Wildman–Crippen LogP) is 3.03. The molecule has 0 saturated heterocycles. The van der Waals surface area contributed by atoms with Crippen molar-refractivity contribution in [1.29, 1.82) is 0 Å². The molecule has 0 saturated carbocycles. The van der Waals surface area contributed by atoms with Crippen molar-refractivity contribution < 1.29 is 17.6 Å². The summed E-state index contributed by atoms with van der Waals surface area (Å²) < 4.78 is 49.3. The van der Waals surface area contributed by atoms with Crippen LogP contribution in [0.25, 0.3) is 0 Å². The topological polar surface area (TPSA) is 26.0 Å². The van der Waals surface area contributed by atoms with Gasteiger partial charge in [0.25, 0.3) is 0 Å². The molecule has 0 fully saturated rings. The van der Waals surface area contributed by atoms with E-state index in [2.05, 4.69) is 0 Å². The van der Waals surface area contributed by atoms with Gasteiger partial charge in [-0.05, 0) is 34.7 Å². The smallest absolute Gasteiger partial charge is 0.396 e. The van der Waals surface area contributed by atoms with Crippen LogP contribution in [0.1, 0.15) is 5.56 Å². The number of nitrogen functional groups attached to an aromatic ring is 1. The first-order valence-corrected chi connectivity index (χ1v) is 4.22. The maximum absolute atomic E-state index is 12.9. The Labute approximate surface area is 85.1 Å². The Hall–Kier alpha value is -0.530. The fraction of sp³-hybridized carbons (Fsp3) is 0.143. The van der Waals surface area contributed by atoms with Crippen molar-refractivity contribution in [2.75, 3.05) is 5.73 Å². The van der Waals surface area contributed by atoms with Gasteiger partial charge >= 0.3 is 6.18 Å². The van der Waals surface area contributed by atoms with E-state index in [0.29, 0.717) is 0 Å². The highest BCUT2D eigenvalue weighted by Crippen LogP contribution is 2.36. The van der Waals surface area contributed by atoms with Crippen LogP contribution in [0.2, 0.25) is 0 Å². The van der Waals surface area contributed by atoms with Crippen molar-refractivity contribution >= 4 is 28.3 Å². The highest BCUT2D eigenvalue weighted by Gasteiger charge is 2.37. The average Bonchev–Trinajstić information content (AvgIpc) is 1.95. The maximum atomic E-state index is 12.9. The first-order valence-electron chi connectivity index (χ1n) is 3.14. The fourth-order valence-corrected chi connectivity index (χ4v) is 1.55. The van der Waals surface area contributed by atoms with E-state index in [1.165, 1.54) is 22.6 Å². The Morgan fingerprint density at radius 1 is 1.23 bits per heavy atom. The fourth-order valence-electron chi connectivity index (χ4n) is 0.828. The van der Waals surface area contributed by atoms with E-state index in [-0.39, 0.29) is 3.57 Å². The van der Waals surface area contributed by atoms with E-state index in [9.17, 15) is 17.6 Å². The third-order valence-electron chi connectivity index (χ3n) is 1.40. The summed E-state index contributed by atoms with van der Waals surface area (Å²) in [5, 5.41) is 0. The van der Waals surface area contributed by atoms with Crippen LogP contribution in [0.4, 0.5) is 23.2 Å². The van der Waals surface area contributed by atoms with Gasteiger partial charge in [-0.25, -0.2) is 4.39 Å². The zero-order valence-corrected chi connectivity index (χ0v) is 8.28. The molecule has 6 heteroatoms. The van der Waals surface area contributed by atoms with E-state index in [0.717, 1.165) is 12.1 Å². The molecule has 0 aliphatic carbocycles. The molecular formula is C7H4F4IN. The molecule has 0 amide bonds. The van der Waals surface area contributed by atoms with Crippen LogP contribution in [0.5, 0.6) is 0 Å². The molecule has 72 valence electrons. The van der Waals surface area contributed by atoms with Crippen LogP contribution in [0.15, 0.2) is 12.1 Å². The first-order chi connectivity index (χ1) is 5.84. The van der Waals surface area contributed by atoms with Crippen molar-refractivity contribution in [3.8, 4) is 0 Å². The summed E-state index contributed by atoms with van der Waals surface area (Å²) in [5.41, 5.74) is 3.22. The van der Waals surface area contributed by atoms with Crippen molar-refractivity contribution in [3.05, 3.63) is 27.1 Å². The Morgan fingerprint density at radius 3 is 2.15 bits per heavy atom. The SMILES string of the molecule is Nc1ccc(I)c(C(F)(F)F)c1F. The Morgan fingerprint density at radius 2 is 1.77 bits per heavy atom. The van der Waals surface area contributed by atoms with Gasteiger partial charge in [-0.1, -0.05) is 0 Å². The number of nitrogens with two attached hydrogens (primary N) is 1. The predicted molar refractivity (Wildman–Crippen MR) is 48.5 cm³/mol. The summed E-state index contributed by atoms with van der Waals surface area (Å²) in [6, 6.07) is 2.23. The molecule has 0 heterocycles. The van der Waals surface area contributed by atoms with Crippen LogP contribution in [-0.4, -0.2) is 0 Å². The number of benzene rings is 1. The Kier molecular flexibility index (Phi) is 2.69.